The van der Waals surface area contributed by atoms with E-state index in [9.17, 15) is 4.79 Å². The highest BCUT2D eigenvalue weighted by Crippen LogP contribution is 2.28. The number of benzene rings is 1. The van der Waals surface area contributed by atoms with Gasteiger partial charge in [-0.15, -0.1) is 0 Å². The van der Waals surface area contributed by atoms with Crippen molar-refractivity contribution in [3.8, 4) is 0 Å². The molecule has 2 N–H and O–H groups in total. The first-order valence-corrected chi connectivity index (χ1v) is 10.0. The highest BCUT2D eigenvalue weighted by Gasteiger charge is 2.21. The molecule has 1 amide bonds. The Morgan fingerprint density at radius 2 is 2.10 bits per heavy atom. The van der Waals surface area contributed by atoms with Crippen molar-refractivity contribution in [1.82, 2.24) is 15.5 Å². The monoisotopic (exact) mass is 398 g/mol. The Kier molecular flexibility index (Phi) is 7.69. The number of hydrogen-bond donors (Lipinski definition) is 2. The number of nitrogens with one attached hydrogen (secondary N) is 2. The number of furan rings is 1. The van der Waals surface area contributed by atoms with Gasteiger partial charge in [-0.25, -0.2) is 0 Å². The summed E-state index contributed by atoms with van der Waals surface area (Å²) in [4.78, 5) is 18.8. The maximum atomic E-state index is 12.4. The number of ether oxygens (including phenoxy) is 1. The van der Waals surface area contributed by atoms with Gasteiger partial charge < -0.3 is 24.7 Å². The van der Waals surface area contributed by atoms with Crippen molar-refractivity contribution >= 4 is 11.9 Å². The van der Waals surface area contributed by atoms with Gasteiger partial charge in [0.25, 0.3) is 5.91 Å². The van der Waals surface area contributed by atoms with E-state index >= 15 is 0 Å². The van der Waals surface area contributed by atoms with Crippen LogP contribution < -0.4 is 10.6 Å². The predicted octanol–water partition coefficient (Wildman–Crippen LogP) is 2.64. The van der Waals surface area contributed by atoms with E-state index in [2.05, 4.69) is 15.6 Å². The molecule has 1 aromatic carbocycles. The molecule has 0 unspecified atom stereocenters. The normalized spacial score (nSPS) is 13.9. The molecule has 2 aromatic rings. The Morgan fingerprint density at radius 1 is 1.24 bits per heavy atom. The number of nitrogens with zero attached hydrogens (tertiary/aromatic N) is 2. The second-order valence-corrected chi connectivity index (χ2v) is 7.30. The lowest BCUT2D eigenvalue weighted by atomic mass is 10.1. The number of carbonyl (C=O) groups excluding carboxylic acids is 1. The van der Waals surface area contributed by atoms with Crippen LogP contribution in [0.4, 0.5) is 0 Å². The molecule has 3 rings (SSSR count). The molecule has 1 heterocycles. The van der Waals surface area contributed by atoms with Crippen LogP contribution in [0.15, 0.2) is 52.1 Å². The van der Waals surface area contributed by atoms with Crippen LogP contribution in [0.25, 0.3) is 0 Å². The van der Waals surface area contributed by atoms with Crippen LogP contribution in [0.2, 0.25) is 0 Å². The molecule has 0 bridgehead atoms. The standard InChI is InChI=1S/C22H30N4O3/c1-23-22(26(2)10-12-28-16-17-8-9-17)25-14-18-5-3-6-19(13-18)21(27)24-15-20-7-4-11-29-20/h3-7,11,13,17H,8-10,12,14-16H2,1-2H3,(H,23,25)(H,24,27). The summed E-state index contributed by atoms with van der Waals surface area (Å²) in [5.41, 5.74) is 1.63. The zero-order valence-corrected chi connectivity index (χ0v) is 17.2. The molecule has 1 aromatic heterocycles. The molecule has 1 aliphatic carbocycles. The maximum absolute atomic E-state index is 12.4. The summed E-state index contributed by atoms with van der Waals surface area (Å²) in [6, 6.07) is 11.2. The van der Waals surface area contributed by atoms with Gasteiger partial charge in [-0.05, 0) is 48.6 Å². The van der Waals surface area contributed by atoms with E-state index in [0.717, 1.165) is 36.4 Å². The summed E-state index contributed by atoms with van der Waals surface area (Å²) >= 11 is 0. The average molecular weight is 399 g/mol. The van der Waals surface area contributed by atoms with Gasteiger partial charge in [0.2, 0.25) is 0 Å². The highest BCUT2D eigenvalue weighted by atomic mass is 16.5. The molecule has 1 fully saturated rings. The van der Waals surface area contributed by atoms with Gasteiger partial charge in [0.1, 0.15) is 5.76 Å². The molecule has 7 nitrogen and oxygen atoms in total. The van der Waals surface area contributed by atoms with Gasteiger partial charge in [0.15, 0.2) is 5.96 Å². The van der Waals surface area contributed by atoms with E-state index < -0.39 is 0 Å². The van der Waals surface area contributed by atoms with Crippen molar-refractivity contribution in [3.05, 3.63) is 59.5 Å². The van der Waals surface area contributed by atoms with Crippen molar-refractivity contribution in [3.63, 3.8) is 0 Å². The molecule has 1 saturated carbocycles. The number of amides is 1. The number of aliphatic imine (C=N–C) groups is 1. The minimum Gasteiger partial charge on any atom is -0.467 e. The van der Waals surface area contributed by atoms with Crippen molar-refractivity contribution in [2.24, 2.45) is 10.9 Å². The van der Waals surface area contributed by atoms with Crippen LogP contribution in [0.5, 0.6) is 0 Å². The van der Waals surface area contributed by atoms with Crippen molar-refractivity contribution in [2.45, 2.75) is 25.9 Å². The van der Waals surface area contributed by atoms with E-state index in [1.165, 1.54) is 12.8 Å². The van der Waals surface area contributed by atoms with Gasteiger partial charge in [0.05, 0.1) is 19.4 Å². The molecule has 0 radical (unpaired) electrons. The minimum atomic E-state index is -0.127. The first kappa shape index (κ1) is 20.9. The Hall–Kier alpha value is -2.80. The zero-order chi connectivity index (χ0) is 20.5. The topological polar surface area (TPSA) is 79.1 Å². The zero-order valence-electron chi connectivity index (χ0n) is 17.2. The van der Waals surface area contributed by atoms with Gasteiger partial charge in [-0.2, -0.15) is 0 Å². The second-order valence-electron chi connectivity index (χ2n) is 7.30. The summed E-state index contributed by atoms with van der Waals surface area (Å²) in [6.45, 7) is 3.29. The third-order valence-electron chi connectivity index (χ3n) is 4.84. The Bertz CT molecular complexity index is 800. The summed E-state index contributed by atoms with van der Waals surface area (Å²) in [6.07, 6.45) is 4.20. The van der Waals surface area contributed by atoms with E-state index in [0.29, 0.717) is 25.3 Å². The molecular weight excluding hydrogens is 368 g/mol. The molecule has 0 spiro atoms. The van der Waals surface area contributed by atoms with Crippen molar-refractivity contribution < 1.29 is 13.9 Å². The lowest BCUT2D eigenvalue weighted by Gasteiger charge is -2.22. The Labute approximate surface area is 172 Å². The number of carbonyl (C=O) groups is 1. The summed E-state index contributed by atoms with van der Waals surface area (Å²) in [5.74, 6) is 2.18. The van der Waals surface area contributed by atoms with Crippen LogP contribution in [0, 0.1) is 5.92 Å². The van der Waals surface area contributed by atoms with Crippen LogP contribution in [0.1, 0.15) is 34.5 Å². The highest BCUT2D eigenvalue weighted by molar-refractivity contribution is 5.94. The Balaban J connectivity index is 1.44. The SMILES string of the molecule is CN=C(NCc1cccc(C(=O)NCc2ccco2)c1)N(C)CCOCC1CC1. The maximum Gasteiger partial charge on any atom is 0.251 e. The minimum absolute atomic E-state index is 0.127. The van der Waals surface area contributed by atoms with E-state index in [1.54, 1.807) is 25.4 Å². The first-order valence-electron chi connectivity index (χ1n) is 10.0. The number of guanidine groups is 1. The average Bonchev–Trinajstić information content (AvgIpc) is 3.42. The fourth-order valence-corrected chi connectivity index (χ4v) is 2.91. The van der Waals surface area contributed by atoms with Crippen molar-refractivity contribution in [2.75, 3.05) is 33.9 Å². The molecule has 156 valence electrons. The van der Waals surface area contributed by atoms with Gasteiger partial charge in [-0.3, -0.25) is 9.79 Å². The Morgan fingerprint density at radius 3 is 2.83 bits per heavy atom. The van der Waals surface area contributed by atoms with Crippen LogP contribution in [-0.4, -0.2) is 50.6 Å². The fourth-order valence-electron chi connectivity index (χ4n) is 2.91. The van der Waals surface area contributed by atoms with Gasteiger partial charge in [-0.1, -0.05) is 12.1 Å². The summed E-state index contributed by atoms with van der Waals surface area (Å²) < 4.78 is 10.9. The summed E-state index contributed by atoms with van der Waals surface area (Å²) in [7, 11) is 3.76. The van der Waals surface area contributed by atoms with Crippen molar-refractivity contribution in [1.29, 1.82) is 0 Å². The quantitative estimate of drug-likeness (QED) is 0.365. The van der Waals surface area contributed by atoms with Gasteiger partial charge in [0, 0.05) is 39.4 Å². The molecule has 0 aliphatic heterocycles. The van der Waals surface area contributed by atoms with E-state index in [4.69, 9.17) is 9.15 Å². The molecular formula is C22H30N4O3. The summed E-state index contributed by atoms with van der Waals surface area (Å²) in [5, 5.41) is 6.21. The third kappa shape index (κ3) is 6.94. The van der Waals surface area contributed by atoms with Gasteiger partial charge >= 0.3 is 0 Å². The molecule has 0 saturated heterocycles. The fraction of sp³-hybridized carbons (Fsp3) is 0.455. The second kappa shape index (κ2) is 10.7. The largest absolute Gasteiger partial charge is 0.467 e. The first-order chi connectivity index (χ1) is 14.2. The lowest BCUT2D eigenvalue weighted by molar-refractivity contribution is 0.0948. The number of rotatable bonds is 10. The van der Waals surface area contributed by atoms with E-state index in [1.807, 2.05) is 36.2 Å². The molecule has 29 heavy (non-hydrogen) atoms. The number of likely N-dealkylation sites (N-methyl/N-ethyl adjacent to an activating group) is 1. The molecule has 1 aliphatic rings. The molecule has 0 atom stereocenters. The molecule has 7 heteroatoms. The number of hydrogen-bond acceptors (Lipinski definition) is 4. The third-order valence-corrected chi connectivity index (χ3v) is 4.84. The lowest BCUT2D eigenvalue weighted by Crippen LogP contribution is -2.40. The van der Waals surface area contributed by atoms with Crippen LogP contribution >= 0.6 is 0 Å². The van der Waals surface area contributed by atoms with Crippen LogP contribution in [-0.2, 0) is 17.8 Å². The predicted molar refractivity (Wildman–Crippen MR) is 113 cm³/mol. The smallest absolute Gasteiger partial charge is 0.251 e. The van der Waals surface area contributed by atoms with E-state index in [-0.39, 0.29) is 5.91 Å². The van der Waals surface area contributed by atoms with Crippen LogP contribution in [0.3, 0.4) is 0 Å².